The summed E-state index contributed by atoms with van der Waals surface area (Å²) in [4.78, 5) is 52.0. The van der Waals surface area contributed by atoms with Crippen molar-refractivity contribution in [3.8, 4) is 11.5 Å². The van der Waals surface area contributed by atoms with E-state index in [2.05, 4.69) is 27.7 Å². The molecule has 0 heterocycles. The van der Waals surface area contributed by atoms with Gasteiger partial charge < -0.3 is 18.9 Å². The molecule has 0 aliphatic carbocycles. The standard InChI is InChI=1S/C34H40Cl6O8/c1-5-19(6-2)13-9-11-15-45-31(41)25-27(39)21(35)17-23(37)29(25)47-33(43)34(44)48-30-24(38)18-22(36)28(40)26(30)32(42)46-16-12-10-14-20(7-3)8-4/h17-20H,5-16H2,1-4H3. The molecule has 48 heavy (non-hydrogen) atoms. The number of rotatable bonds is 18. The lowest BCUT2D eigenvalue weighted by atomic mass is 9.97. The Kier molecular flexibility index (Phi) is 18.8. The number of esters is 4. The number of ether oxygens (including phenoxy) is 4. The van der Waals surface area contributed by atoms with E-state index in [1.54, 1.807) is 0 Å². The van der Waals surface area contributed by atoms with Gasteiger partial charge in [0, 0.05) is 0 Å². The van der Waals surface area contributed by atoms with Crippen LogP contribution in [-0.4, -0.2) is 37.1 Å². The highest BCUT2D eigenvalue weighted by atomic mass is 35.5. The first kappa shape index (κ1) is 42.2. The Bertz CT molecular complexity index is 1330. The second kappa shape index (κ2) is 21.3. The molecule has 0 saturated carbocycles. The lowest BCUT2D eigenvalue weighted by molar-refractivity contribution is -0.156. The second-order valence-corrected chi connectivity index (χ2v) is 13.5. The molecule has 0 N–H and O–H groups in total. The summed E-state index contributed by atoms with van der Waals surface area (Å²) in [6, 6.07) is 2.25. The van der Waals surface area contributed by atoms with Crippen LogP contribution in [0.15, 0.2) is 12.1 Å². The Morgan fingerprint density at radius 2 is 0.875 bits per heavy atom. The molecule has 2 aromatic rings. The van der Waals surface area contributed by atoms with Gasteiger partial charge in [0.15, 0.2) is 11.5 Å². The third-order valence-electron chi connectivity index (χ3n) is 8.01. The third-order valence-corrected chi connectivity index (χ3v) is 10.1. The van der Waals surface area contributed by atoms with Crippen molar-refractivity contribution < 1.29 is 38.1 Å². The zero-order valence-electron chi connectivity index (χ0n) is 27.3. The number of hydrogen-bond donors (Lipinski definition) is 0. The summed E-state index contributed by atoms with van der Waals surface area (Å²) >= 11 is 37.3. The van der Waals surface area contributed by atoms with E-state index in [1.165, 1.54) is 0 Å². The van der Waals surface area contributed by atoms with Crippen molar-refractivity contribution in [1.82, 2.24) is 0 Å². The van der Waals surface area contributed by atoms with E-state index < -0.39 is 46.5 Å². The molecule has 0 radical (unpaired) electrons. The van der Waals surface area contributed by atoms with Crippen LogP contribution in [0.1, 0.15) is 113 Å². The van der Waals surface area contributed by atoms with Crippen LogP contribution in [0.25, 0.3) is 0 Å². The average molecular weight is 789 g/mol. The molecule has 0 aliphatic heterocycles. The van der Waals surface area contributed by atoms with Gasteiger partial charge in [-0.3, -0.25) is 0 Å². The summed E-state index contributed by atoms with van der Waals surface area (Å²) in [5.41, 5.74) is -0.923. The Balaban J connectivity index is 2.21. The highest BCUT2D eigenvalue weighted by Crippen LogP contribution is 2.42. The van der Waals surface area contributed by atoms with Gasteiger partial charge in [-0.05, 0) is 49.7 Å². The van der Waals surface area contributed by atoms with Gasteiger partial charge in [-0.1, -0.05) is 136 Å². The van der Waals surface area contributed by atoms with Crippen molar-refractivity contribution in [2.75, 3.05) is 13.2 Å². The molecule has 0 aromatic heterocycles. The molecule has 14 heteroatoms. The van der Waals surface area contributed by atoms with E-state index in [0.29, 0.717) is 24.7 Å². The molecule has 0 unspecified atom stereocenters. The zero-order valence-corrected chi connectivity index (χ0v) is 31.9. The first-order valence-electron chi connectivity index (χ1n) is 15.9. The zero-order chi connectivity index (χ0) is 36.0. The van der Waals surface area contributed by atoms with Crippen LogP contribution in [0.4, 0.5) is 0 Å². The predicted molar refractivity (Wildman–Crippen MR) is 191 cm³/mol. The Morgan fingerprint density at radius 1 is 0.542 bits per heavy atom. The summed E-state index contributed by atoms with van der Waals surface area (Å²) in [5, 5.41) is -1.48. The van der Waals surface area contributed by atoms with Crippen molar-refractivity contribution in [3.63, 3.8) is 0 Å². The molecule has 0 spiro atoms. The van der Waals surface area contributed by atoms with Crippen molar-refractivity contribution in [1.29, 1.82) is 0 Å². The maximum Gasteiger partial charge on any atom is 0.423 e. The first-order chi connectivity index (χ1) is 22.8. The SMILES string of the molecule is CCC(CC)CCCCOC(=O)c1c(Cl)c(Cl)cc(Cl)c1OC(=O)C(=O)Oc1c(Cl)cc(Cl)c(Cl)c1C(=O)OCCCCC(CC)CC. The molecule has 0 atom stereocenters. The lowest BCUT2D eigenvalue weighted by Gasteiger charge is -2.16. The maximum atomic E-state index is 13.0. The van der Waals surface area contributed by atoms with E-state index in [1.807, 2.05) is 0 Å². The summed E-state index contributed by atoms with van der Waals surface area (Å²) < 4.78 is 21.1. The van der Waals surface area contributed by atoms with Gasteiger partial charge in [0.25, 0.3) is 0 Å². The minimum Gasteiger partial charge on any atom is -0.462 e. The molecule has 2 rings (SSSR count). The molecule has 0 saturated heterocycles. The molecule has 0 bridgehead atoms. The lowest BCUT2D eigenvalue weighted by Crippen LogP contribution is -2.27. The van der Waals surface area contributed by atoms with Gasteiger partial charge in [0.2, 0.25) is 0 Å². The third kappa shape index (κ3) is 12.1. The van der Waals surface area contributed by atoms with Gasteiger partial charge in [-0.25, -0.2) is 19.2 Å². The second-order valence-electron chi connectivity index (χ2n) is 11.1. The number of hydrogen-bond acceptors (Lipinski definition) is 8. The van der Waals surface area contributed by atoms with Crippen LogP contribution >= 0.6 is 69.6 Å². The highest BCUT2D eigenvalue weighted by Gasteiger charge is 2.32. The number of carbonyl (C=O) groups excluding carboxylic acids is 4. The van der Waals surface area contributed by atoms with E-state index in [-0.39, 0.29) is 43.3 Å². The summed E-state index contributed by atoms with van der Waals surface area (Å²) in [7, 11) is 0. The molecular weight excluding hydrogens is 749 g/mol. The van der Waals surface area contributed by atoms with Gasteiger partial charge in [-0.15, -0.1) is 0 Å². The number of halogens is 6. The number of benzene rings is 2. The fourth-order valence-electron chi connectivity index (χ4n) is 4.93. The van der Waals surface area contributed by atoms with Crippen LogP contribution in [0.5, 0.6) is 11.5 Å². The fourth-order valence-corrected chi connectivity index (χ4v) is 6.37. The van der Waals surface area contributed by atoms with Gasteiger partial charge in [0.05, 0.1) is 43.3 Å². The normalized spacial score (nSPS) is 11.2. The largest absolute Gasteiger partial charge is 0.462 e. The average Bonchev–Trinajstić information content (AvgIpc) is 3.05. The van der Waals surface area contributed by atoms with E-state index in [4.69, 9.17) is 88.6 Å². The molecule has 266 valence electrons. The molecule has 0 aliphatic rings. The van der Waals surface area contributed by atoms with E-state index in [9.17, 15) is 19.2 Å². The van der Waals surface area contributed by atoms with Crippen LogP contribution < -0.4 is 9.47 Å². The molecule has 8 nitrogen and oxygen atoms in total. The minimum absolute atomic E-state index is 0.0571. The quantitative estimate of drug-likeness (QED) is 0.0483. The highest BCUT2D eigenvalue weighted by molar-refractivity contribution is 6.47. The molecule has 0 amide bonds. The number of unbranched alkanes of at least 4 members (excludes halogenated alkanes) is 2. The fraction of sp³-hybridized carbons (Fsp3) is 0.529. The van der Waals surface area contributed by atoms with Gasteiger partial charge in [0.1, 0.15) is 11.1 Å². The first-order valence-corrected chi connectivity index (χ1v) is 18.2. The van der Waals surface area contributed by atoms with Gasteiger partial charge >= 0.3 is 23.9 Å². The summed E-state index contributed by atoms with van der Waals surface area (Å²) in [6.07, 6.45) is 9.06. The smallest absolute Gasteiger partial charge is 0.423 e. The van der Waals surface area contributed by atoms with Crippen LogP contribution in [0.3, 0.4) is 0 Å². The van der Waals surface area contributed by atoms with Crippen molar-refractivity contribution >= 4 is 93.5 Å². The Hall–Kier alpha value is -1.94. The minimum atomic E-state index is -1.64. The Labute approximate surface area is 311 Å². The van der Waals surface area contributed by atoms with Crippen molar-refractivity contribution in [3.05, 3.63) is 53.4 Å². The monoisotopic (exact) mass is 786 g/mol. The van der Waals surface area contributed by atoms with Crippen LogP contribution in [0, 0.1) is 11.8 Å². The molecule has 0 fully saturated rings. The van der Waals surface area contributed by atoms with Crippen molar-refractivity contribution in [2.24, 2.45) is 11.8 Å². The van der Waals surface area contributed by atoms with Crippen LogP contribution in [-0.2, 0) is 19.1 Å². The summed E-state index contributed by atoms with van der Waals surface area (Å²) in [5.74, 6) is -5.22. The number of carbonyl (C=O) groups is 4. The van der Waals surface area contributed by atoms with Gasteiger partial charge in [-0.2, -0.15) is 0 Å². The molecule has 2 aromatic carbocycles. The topological polar surface area (TPSA) is 105 Å². The molecular formula is C34H40Cl6O8. The Morgan fingerprint density at radius 3 is 1.19 bits per heavy atom. The predicted octanol–water partition coefficient (Wildman–Crippen LogP) is 11.6. The van der Waals surface area contributed by atoms with Crippen molar-refractivity contribution in [2.45, 2.75) is 91.9 Å². The van der Waals surface area contributed by atoms with E-state index in [0.717, 1.165) is 63.5 Å². The maximum absolute atomic E-state index is 13.0. The van der Waals surface area contributed by atoms with Crippen LogP contribution in [0.2, 0.25) is 30.1 Å². The summed E-state index contributed by atoms with van der Waals surface area (Å²) in [6.45, 7) is 8.62. The van der Waals surface area contributed by atoms with E-state index >= 15 is 0 Å².